The number of fused-ring (bicyclic) bond motifs is 1. The Bertz CT molecular complexity index is 1360. The summed E-state index contributed by atoms with van der Waals surface area (Å²) in [5.74, 6) is -0.947. The number of nitrogens with zero attached hydrogens (tertiary/aromatic N) is 2. The van der Waals surface area contributed by atoms with Gasteiger partial charge in [-0.25, -0.2) is 4.72 Å². The summed E-state index contributed by atoms with van der Waals surface area (Å²) >= 11 is 12.4. The first-order valence-electron chi connectivity index (χ1n) is 10.7. The molecule has 0 spiro atoms. The van der Waals surface area contributed by atoms with Crippen LogP contribution in [-0.4, -0.2) is 41.7 Å². The predicted octanol–water partition coefficient (Wildman–Crippen LogP) is 3.80. The molecule has 1 saturated heterocycles. The van der Waals surface area contributed by atoms with Crippen molar-refractivity contribution in [3.05, 3.63) is 69.8 Å². The first-order valence-corrected chi connectivity index (χ1v) is 12.9. The first-order chi connectivity index (χ1) is 16.1. The second-order valence-electron chi connectivity index (χ2n) is 8.28. The zero-order valence-corrected chi connectivity index (χ0v) is 20.9. The molecule has 1 aromatic heterocycles. The highest BCUT2D eigenvalue weighted by Gasteiger charge is 2.38. The Labute approximate surface area is 208 Å². The van der Waals surface area contributed by atoms with Crippen molar-refractivity contribution in [2.75, 3.05) is 6.54 Å². The summed E-state index contributed by atoms with van der Waals surface area (Å²) < 4.78 is 30.7. The van der Waals surface area contributed by atoms with Crippen molar-refractivity contribution in [1.82, 2.24) is 18.9 Å². The largest absolute Gasteiger partial charge is 0.348 e. The molecule has 2 amide bonds. The summed E-state index contributed by atoms with van der Waals surface area (Å²) in [5.41, 5.74) is 1.98. The molecule has 11 heteroatoms. The summed E-state index contributed by atoms with van der Waals surface area (Å²) in [4.78, 5) is 24.6. The Morgan fingerprint density at radius 1 is 1.09 bits per heavy atom. The zero-order valence-electron chi connectivity index (χ0n) is 18.6. The molecule has 2 aromatic carbocycles. The number of aryl methyl sites for hydroxylation is 1. The monoisotopic (exact) mass is 522 g/mol. The molecule has 2 heterocycles. The summed E-state index contributed by atoms with van der Waals surface area (Å²) in [6.45, 7) is 1.30. The molecular formula is C23H24Cl2N4O4S. The highest BCUT2D eigenvalue weighted by Crippen LogP contribution is 2.34. The van der Waals surface area contributed by atoms with Gasteiger partial charge >= 0.3 is 10.2 Å². The number of amides is 2. The number of hydrogen-bond acceptors (Lipinski definition) is 4. The van der Waals surface area contributed by atoms with Crippen LogP contribution in [0.15, 0.2) is 48.5 Å². The Hall–Kier alpha value is -2.59. The molecule has 4 rings (SSSR count). The number of carbonyl (C=O) groups is 2. The summed E-state index contributed by atoms with van der Waals surface area (Å²) in [7, 11) is -2.25. The second kappa shape index (κ2) is 9.58. The van der Waals surface area contributed by atoms with Gasteiger partial charge in [-0.15, -0.1) is 0 Å². The van der Waals surface area contributed by atoms with E-state index in [0.717, 1.165) is 18.0 Å². The molecule has 0 radical (unpaired) electrons. The Balaban J connectivity index is 1.59. The Kier molecular flexibility index (Phi) is 6.91. The smallest absolute Gasteiger partial charge is 0.304 e. The van der Waals surface area contributed by atoms with Crippen LogP contribution in [-0.2, 0) is 22.1 Å². The van der Waals surface area contributed by atoms with E-state index in [2.05, 4.69) is 5.32 Å². The number of aromatic nitrogens is 1. The van der Waals surface area contributed by atoms with Crippen molar-refractivity contribution < 1.29 is 18.0 Å². The van der Waals surface area contributed by atoms with Crippen molar-refractivity contribution in [1.29, 1.82) is 0 Å². The lowest BCUT2D eigenvalue weighted by molar-refractivity contribution is -0.117. The minimum atomic E-state index is -4.03. The van der Waals surface area contributed by atoms with Crippen LogP contribution >= 0.6 is 23.2 Å². The van der Waals surface area contributed by atoms with Gasteiger partial charge in [0.15, 0.2) is 0 Å². The Morgan fingerprint density at radius 2 is 1.79 bits per heavy atom. The average Bonchev–Trinajstić information content (AvgIpc) is 3.13. The van der Waals surface area contributed by atoms with Crippen molar-refractivity contribution in [3.63, 3.8) is 0 Å². The number of nitrogens with one attached hydrogen (secondary N) is 2. The van der Waals surface area contributed by atoms with E-state index in [4.69, 9.17) is 23.2 Å². The maximum absolute atomic E-state index is 13.2. The molecule has 1 fully saturated rings. The van der Waals surface area contributed by atoms with Crippen LogP contribution in [0, 0.1) is 0 Å². The number of rotatable bonds is 5. The van der Waals surface area contributed by atoms with Crippen LogP contribution in [0.4, 0.5) is 0 Å². The van der Waals surface area contributed by atoms with E-state index in [1.165, 1.54) is 4.31 Å². The SMILES string of the molecule is CC(=O)NS(=O)(=O)N1CCC(NC(=O)c2cc3c(Cl)c(Cl)ccc3n2C)C[C@H]1c1ccccc1. The van der Waals surface area contributed by atoms with Gasteiger partial charge in [0.05, 0.1) is 16.1 Å². The summed E-state index contributed by atoms with van der Waals surface area (Å²) in [6.07, 6.45) is 0.746. The van der Waals surface area contributed by atoms with Crippen molar-refractivity contribution in [2.24, 2.45) is 7.05 Å². The van der Waals surface area contributed by atoms with Gasteiger partial charge in [-0.1, -0.05) is 53.5 Å². The van der Waals surface area contributed by atoms with E-state index < -0.39 is 22.2 Å². The van der Waals surface area contributed by atoms with Crippen molar-refractivity contribution >= 4 is 56.1 Å². The number of carbonyl (C=O) groups excluding carboxylic acids is 2. The topological polar surface area (TPSA) is 101 Å². The molecule has 1 aliphatic rings. The van der Waals surface area contributed by atoms with Crippen molar-refractivity contribution in [2.45, 2.75) is 31.8 Å². The van der Waals surface area contributed by atoms with Crippen LogP contribution in [0.5, 0.6) is 0 Å². The minimum absolute atomic E-state index is 0.143. The minimum Gasteiger partial charge on any atom is -0.348 e. The van der Waals surface area contributed by atoms with Crippen LogP contribution in [0.25, 0.3) is 10.9 Å². The van der Waals surface area contributed by atoms with Gasteiger partial charge in [0.25, 0.3) is 5.91 Å². The average molecular weight is 523 g/mol. The molecule has 0 bridgehead atoms. The number of hydrogen-bond donors (Lipinski definition) is 2. The Morgan fingerprint density at radius 3 is 2.47 bits per heavy atom. The quantitative estimate of drug-likeness (QED) is 0.532. The van der Waals surface area contributed by atoms with Gasteiger partial charge in [0, 0.05) is 37.5 Å². The predicted molar refractivity (Wildman–Crippen MR) is 132 cm³/mol. The van der Waals surface area contributed by atoms with Crippen LogP contribution < -0.4 is 10.0 Å². The first kappa shape index (κ1) is 24.5. The fourth-order valence-electron chi connectivity index (χ4n) is 4.41. The highest BCUT2D eigenvalue weighted by molar-refractivity contribution is 7.87. The number of benzene rings is 2. The summed E-state index contributed by atoms with van der Waals surface area (Å²) in [6, 6.07) is 13.5. The van der Waals surface area contributed by atoms with Crippen LogP contribution in [0.2, 0.25) is 10.0 Å². The van der Waals surface area contributed by atoms with E-state index in [0.29, 0.717) is 34.0 Å². The molecule has 34 heavy (non-hydrogen) atoms. The summed E-state index contributed by atoms with van der Waals surface area (Å²) in [5, 5.41) is 4.51. The fraction of sp³-hybridized carbons (Fsp3) is 0.304. The molecule has 0 saturated carbocycles. The van der Waals surface area contributed by atoms with E-state index >= 15 is 0 Å². The molecule has 2 N–H and O–H groups in total. The third-order valence-electron chi connectivity index (χ3n) is 6.00. The van der Waals surface area contributed by atoms with Crippen LogP contribution in [0.3, 0.4) is 0 Å². The van der Waals surface area contributed by atoms with E-state index in [-0.39, 0.29) is 18.5 Å². The maximum Gasteiger partial charge on any atom is 0.304 e. The number of halogens is 2. The van der Waals surface area contributed by atoms with E-state index in [1.54, 1.807) is 29.8 Å². The number of piperidine rings is 1. The van der Waals surface area contributed by atoms with Gasteiger partial charge in [-0.3, -0.25) is 9.59 Å². The zero-order chi connectivity index (χ0) is 24.6. The standard InChI is InChI=1S/C23H24Cl2N4O4S/c1-14(30)27-34(32,33)29-11-10-16(12-20(29)15-6-4-3-5-7-15)26-23(31)21-13-17-19(28(21)2)9-8-18(24)22(17)25/h3-9,13,16,20H,10-12H2,1-2H3,(H,26,31)(H,27,30)/t16?,20-/m0/s1. The fourth-order valence-corrected chi connectivity index (χ4v) is 6.16. The molecule has 0 aliphatic carbocycles. The van der Waals surface area contributed by atoms with Gasteiger partial charge in [-0.2, -0.15) is 12.7 Å². The van der Waals surface area contributed by atoms with E-state index in [9.17, 15) is 18.0 Å². The van der Waals surface area contributed by atoms with Crippen LogP contribution in [0.1, 0.15) is 41.9 Å². The van der Waals surface area contributed by atoms with Gasteiger partial charge in [-0.05, 0) is 36.6 Å². The lowest BCUT2D eigenvalue weighted by Crippen LogP contribution is -2.51. The molecule has 180 valence electrons. The normalized spacial score (nSPS) is 19.2. The molecule has 1 aliphatic heterocycles. The molecule has 1 unspecified atom stereocenters. The van der Waals surface area contributed by atoms with Gasteiger partial charge < -0.3 is 9.88 Å². The second-order valence-corrected chi connectivity index (χ2v) is 10.7. The maximum atomic E-state index is 13.2. The van der Waals surface area contributed by atoms with Gasteiger partial charge in [0.2, 0.25) is 5.91 Å². The van der Waals surface area contributed by atoms with E-state index in [1.807, 2.05) is 35.1 Å². The molecule has 2 atom stereocenters. The molecule has 8 nitrogen and oxygen atoms in total. The molecule has 3 aromatic rings. The van der Waals surface area contributed by atoms with Crippen molar-refractivity contribution in [3.8, 4) is 0 Å². The lowest BCUT2D eigenvalue weighted by Gasteiger charge is -2.38. The van der Waals surface area contributed by atoms with Gasteiger partial charge in [0.1, 0.15) is 5.69 Å². The lowest BCUT2D eigenvalue weighted by atomic mass is 9.93. The highest BCUT2D eigenvalue weighted by atomic mass is 35.5. The third kappa shape index (κ3) is 4.79. The third-order valence-corrected chi connectivity index (χ3v) is 8.42. The molecular weight excluding hydrogens is 499 g/mol.